The van der Waals surface area contributed by atoms with Gasteiger partial charge >= 0.3 is 6.18 Å². The van der Waals surface area contributed by atoms with Gasteiger partial charge in [0.25, 0.3) is 0 Å². The number of ether oxygens (including phenoxy) is 1. The summed E-state index contributed by atoms with van der Waals surface area (Å²) in [6, 6.07) is 7.53. The summed E-state index contributed by atoms with van der Waals surface area (Å²) in [5.41, 5.74) is 0.817. The van der Waals surface area contributed by atoms with E-state index in [0.717, 1.165) is 10.2 Å². The van der Waals surface area contributed by atoms with Crippen LogP contribution in [0.4, 0.5) is 18.3 Å². The van der Waals surface area contributed by atoms with Crippen molar-refractivity contribution in [2.75, 3.05) is 24.6 Å². The molecule has 0 aliphatic carbocycles. The molecule has 19 heavy (non-hydrogen) atoms. The molecule has 102 valence electrons. The molecule has 1 aromatic heterocycles. The quantitative estimate of drug-likeness (QED) is 0.806. The van der Waals surface area contributed by atoms with E-state index in [1.807, 2.05) is 24.3 Å². The first-order valence-corrected chi connectivity index (χ1v) is 6.64. The number of aromatic nitrogens is 1. The number of nitrogens with zero attached hydrogens (tertiary/aromatic N) is 2. The van der Waals surface area contributed by atoms with Gasteiger partial charge in [0.05, 0.1) is 23.4 Å². The van der Waals surface area contributed by atoms with Crippen molar-refractivity contribution in [3.8, 4) is 0 Å². The van der Waals surface area contributed by atoms with Crippen molar-refractivity contribution in [3.63, 3.8) is 0 Å². The van der Waals surface area contributed by atoms with Crippen LogP contribution in [0.2, 0.25) is 0 Å². The summed E-state index contributed by atoms with van der Waals surface area (Å²) in [4.78, 5) is 6.02. The molecule has 1 aromatic carbocycles. The summed E-state index contributed by atoms with van der Waals surface area (Å²) in [6.07, 6.45) is -6.05. The first kappa shape index (κ1) is 12.7. The van der Waals surface area contributed by atoms with E-state index in [-0.39, 0.29) is 13.2 Å². The Kier molecular flexibility index (Phi) is 3.10. The van der Waals surface area contributed by atoms with E-state index in [0.29, 0.717) is 11.7 Å². The SMILES string of the molecule is FC(F)(F)[C@@H]1CN(c2nc3ccccc3s2)CCO1. The molecule has 3 rings (SSSR count). The fourth-order valence-corrected chi connectivity index (χ4v) is 3.02. The van der Waals surface area contributed by atoms with Gasteiger partial charge in [-0.2, -0.15) is 13.2 Å². The number of rotatable bonds is 1. The van der Waals surface area contributed by atoms with E-state index in [2.05, 4.69) is 4.98 Å². The van der Waals surface area contributed by atoms with Crippen molar-refractivity contribution >= 4 is 26.7 Å². The standard InChI is InChI=1S/C12H11F3N2OS/c13-12(14,15)10-7-17(5-6-18-10)11-16-8-3-1-2-4-9(8)19-11/h1-4,10H,5-7H2/t10-/m0/s1. The van der Waals surface area contributed by atoms with Crippen molar-refractivity contribution in [1.82, 2.24) is 4.98 Å². The molecule has 2 aromatic rings. The molecule has 0 N–H and O–H groups in total. The van der Waals surface area contributed by atoms with Crippen LogP contribution in [-0.2, 0) is 4.74 Å². The number of alkyl halides is 3. The van der Waals surface area contributed by atoms with Crippen molar-refractivity contribution in [2.45, 2.75) is 12.3 Å². The Balaban J connectivity index is 1.85. The normalized spacial score (nSPS) is 21.0. The minimum atomic E-state index is -4.32. The van der Waals surface area contributed by atoms with E-state index in [9.17, 15) is 13.2 Å². The lowest BCUT2D eigenvalue weighted by Gasteiger charge is -2.33. The molecule has 0 spiro atoms. The molecule has 2 heterocycles. The van der Waals surface area contributed by atoms with Gasteiger partial charge in [-0.3, -0.25) is 0 Å². The third-order valence-electron chi connectivity index (χ3n) is 2.98. The highest BCUT2D eigenvalue weighted by atomic mass is 32.1. The van der Waals surface area contributed by atoms with Crippen LogP contribution in [0.25, 0.3) is 10.2 Å². The number of hydrogen-bond acceptors (Lipinski definition) is 4. The summed E-state index contributed by atoms with van der Waals surface area (Å²) >= 11 is 1.41. The Hall–Kier alpha value is -1.34. The molecule has 0 radical (unpaired) electrons. The average molecular weight is 288 g/mol. The molecular weight excluding hydrogens is 277 g/mol. The number of benzene rings is 1. The first-order chi connectivity index (χ1) is 9.04. The fourth-order valence-electron chi connectivity index (χ4n) is 2.02. The van der Waals surface area contributed by atoms with E-state index in [1.165, 1.54) is 11.3 Å². The van der Waals surface area contributed by atoms with Crippen LogP contribution >= 0.6 is 11.3 Å². The van der Waals surface area contributed by atoms with Crippen molar-refractivity contribution in [2.24, 2.45) is 0 Å². The van der Waals surface area contributed by atoms with Crippen LogP contribution in [0.15, 0.2) is 24.3 Å². The van der Waals surface area contributed by atoms with Gasteiger partial charge in [-0.15, -0.1) is 0 Å². The topological polar surface area (TPSA) is 25.4 Å². The summed E-state index contributed by atoms with van der Waals surface area (Å²) in [5, 5.41) is 0.624. The summed E-state index contributed by atoms with van der Waals surface area (Å²) < 4.78 is 43.8. The van der Waals surface area contributed by atoms with Crippen molar-refractivity contribution in [1.29, 1.82) is 0 Å². The molecule has 1 saturated heterocycles. The number of thiazole rings is 1. The molecule has 1 aliphatic rings. The first-order valence-electron chi connectivity index (χ1n) is 5.83. The minimum Gasteiger partial charge on any atom is -0.365 e. The van der Waals surface area contributed by atoms with E-state index in [4.69, 9.17) is 4.74 Å². The summed E-state index contributed by atoms with van der Waals surface area (Å²) in [5.74, 6) is 0. The summed E-state index contributed by atoms with van der Waals surface area (Å²) in [7, 11) is 0. The van der Waals surface area contributed by atoms with Crippen LogP contribution in [0, 0.1) is 0 Å². The second-order valence-electron chi connectivity index (χ2n) is 4.31. The maximum Gasteiger partial charge on any atom is 0.416 e. The third-order valence-corrected chi connectivity index (χ3v) is 4.08. The molecule has 0 saturated carbocycles. The van der Waals surface area contributed by atoms with E-state index in [1.54, 1.807) is 4.90 Å². The number of anilines is 1. The smallest absolute Gasteiger partial charge is 0.365 e. The van der Waals surface area contributed by atoms with Gasteiger partial charge in [0.1, 0.15) is 0 Å². The van der Waals surface area contributed by atoms with Crippen LogP contribution < -0.4 is 4.90 Å². The Morgan fingerprint density at radius 1 is 1.32 bits per heavy atom. The molecule has 0 unspecified atom stereocenters. The molecule has 7 heteroatoms. The minimum absolute atomic E-state index is 0.0695. The lowest BCUT2D eigenvalue weighted by atomic mass is 10.3. The van der Waals surface area contributed by atoms with E-state index >= 15 is 0 Å². The molecule has 3 nitrogen and oxygen atoms in total. The van der Waals surface area contributed by atoms with Crippen LogP contribution in [-0.4, -0.2) is 37.0 Å². The maximum atomic E-state index is 12.7. The number of fused-ring (bicyclic) bond motifs is 1. The number of morpholine rings is 1. The maximum absolute atomic E-state index is 12.7. The number of para-hydroxylation sites is 1. The highest BCUT2D eigenvalue weighted by Crippen LogP contribution is 2.32. The molecule has 0 amide bonds. The highest BCUT2D eigenvalue weighted by molar-refractivity contribution is 7.22. The Labute approximate surface area is 111 Å². The van der Waals surface area contributed by atoms with Gasteiger partial charge in [-0.1, -0.05) is 23.5 Å². The predicted molar refractivity (Wildman–Crippen MR) is 67.6 cm³/mol. The molecule has 1 aliphatic heterocycles. The highest BCUT2D eigenvalue weighted by Gasteiger charge is 2.43. The van der Waals surface area contributed by atoms with Crippen molar-refractivity contribution < 1.29 is 17.9 Å². The number of halogens is 3. The van der Waals surface area contributed by atoms with Gasteiger partial charge in [0, 0.05) is 6.54 Å². The molecule has 1 fully saturated rings. The van der Waals surface area contributed by atoms with Gasteiger partial charge < -0.3 is 9.64 Å². The van der Waals surface area contributed by atoms with Gasteiger partial charge in [-0.25, -0.2) is 4.98 Å². The zero-order valence-corrected chi connectivity index (χ0v) is 10.7. The van der Waals surface area contributed by atoms with Crippen LogP contribution in [0.1, 0.15) is 0 Å². The van der Waals surface area contributed by atoms with Crippen molar-refractivity contribution in [3.05, 3.63) is 24.3 Å². The second kappa shape index (κ2) is 4.64. The van der Waals surface area contributed by atoms with Gasteiger partial charge in [-0.05, 0) is 12.1 Å². The van der Waals surface area contributed by atoms with Gasteiger partial charge in [0.2, 0.25) is 0 Å². The molecule has 0 bridgehead atoms. The monoisotopic (exact) mass is 288 g/mol. The zero-order chi connectivity index (χ0) is 13.5. The zero-order valence-electron chi connectivity index (χ0n) is 9.85. The Morgan fingerprint density at radius 2 is 2.11 bits per heavy atom. The Bertz CT molecular complexity index is 551. The van der Waals surface area contributed by atoms with Crippen LogP contribution in [0.3, 0.4) is 0 Å². The number of hydrogen-bond donors (Lipinski definition) is 0. The van der Waals surface area contributed by atoms with Gasteiger partial charge in [0.15, 0.2) is 11.2 Å². The second-order valence-corrected chi connectivity index (χ2v) is 5.32. The summed E-state index contributed by atoms with van der Waals surface area (Å²) in [6.45, 7) is 0.315. The predicted octanol–water partition coefficient (Wildman–Crippen LogP) is 3.06. The lowest BCUT2D eigenvalue weighted by molar-refractivity contribution is -0.221. The molecule has 1 atom stereocenters. The molecular formula is C12H11F3N2OS. The van der Waals surface area contributed by atoms with Crippen LogP contribution in [0.5, 0.6) is 0 Å². The fraction of sp³-hybridized carbons (Fsp3) is 0.417. The Morgan fingerprint density at radius 3 is 2.84 bits per heavy atom. The van der Waals surface area contributed by atoms with E-state index < -0.39 is 12.3 Å². The average Bonchev–Trinajstić information content (AvgIpc) is 2.81. The lowest BCUT2D eigenvalue weighted by Crippen LogP contribution is -2.49. The largest absolute Gasteiger partial charge is 0.416 e. The third kappa shape index (κ3) is 2.52.